The molecule has 1 saturated heterocycles. The van der Waals surface area contributed by atoms with Crippen LogP contribution in [0.4, 0.5) is 4.79 Å². The van der Waals surface area contributed by atoms with Crippen molar-refractivity contribution in [1.82, 2.24) is 15.1 Å². The number of hydrogen-bond donors (Lipinski definition) is 1. The van der Waals surface area contributed by atoms with Crippen LogP contribution in [0.25, 0.3) is 0 Å². The minimum absolute atomic E-state index is 0.0121. The molecule has 2 rings (SSSR count). The minimum atomic E-state index is 0.0121. The van der Waals surface area contributed by atoms with Crippen molar-refractivity contribution in [3.05, 3.63) is 34.9 Å². The molecule has 1 aromatic carbocycles. The van der Waals surface area contributed by atoms with Crippen LogP contribution in [0.5, 0.6) is 0 Å². The van der Waals surface area contributed by atoms with Crippen molar-refractivity contribution < 1.29 is 9.53 Å². The Hall–Kier alpha value is -1.30. The molecule has 5 nitrogen and oxygen atoms in total. The van der Waals surface area contributed by atoms with E-state index in [1.54, 1.807) is 0 Å². The first-order valence-corrected chi connectivity index (χ1v) is 8.64. The molecule has 1 aliphatic rings. The lowest BCUT2D eigenvalue weighted by molar-refractivity contribution is 0.145. The standard InChI is InChI=1S/C17H26ClN3O2/c1-2-23-13-8-19-17(22)21-10-3-9-20(11-12-21)14-15-4-6-16(18)7-5-15/h4-7H,2-3,8-14H2,1H3,(H,19,22). The van der Waals surface area contributed by atoms with E-state index < -0.39 is 0 Å². The summed E-state index contributed by atoms with van der Waals surface area (Å²) in [5.41, 5.74) is 1.25. The van der Waals surface area contributed by atoms with Gasteiger partial charge < -0.3 is 15.0 Å². The molecule has 6 heteroatoms. The number of urea groups is 1. The number of carbonyl (C=O) groups is 1. The van der Waals surface area contributed by atoms with E-state index in [9.17, 15) is 4.79 Å². The predicted octanol–water partition coefficient (Wildman–Crippen LogP) is 2.59. The highest BCUT2D eigenvalue weighted by molar-refractivity contribution is 6.30. The fraction of sp³-hybridized carbons (Fsp3) is 0.588. The molecule has 0 atom stereocenters. The molecule has 2 amide bonds. The lowest BCUT2D eigenvalue weighted by Gasteiger charge is -2.22. The molecule has 0 spiro atoms. The fourth-order valence-electron chi connectivity index (χ4n) is 2.67. The molecule has 0 aliphatic carbocycles. The average Bonchev–Trinajstić information content (AvgIpc) is 2.79. The van der Waals surface area contributed by atoms with E-state index in [1.807, 2.05) is 24.0 Å². The molecule has 1 N–H and O–H groups in total. The van der Waals surface area contributed by atoms with E-state index in [4.69, 9.17) is 16.3 Å². The summed E-state index contributed by atoms with van der Waals surface area (Å²) in [6.07, 6.45) is 0.993. The van der Waals surface area contributed by atoms with Crippen molar-refractivity contribution >= 4 is 17.6 Å². The van der Waals surface area contributed by atoms with Crippen LogP contribution in [0.3, 0.4) is 0 Å². The first kappa shape index (κ1) is 18.0. The van der Waals surface area contributed by atoms with Gasteiger partial charge in [-0.25, -0.2) is 4.79 Å². The zero-order valence-corrected chi connectivity index (χ0v) is 14.5. The Balaban J connectivity index is 1.75. The van der Waals surface area contributed by atoms with E-state index in [1.165, 1.54) is 5.56 Å². The summed E-state index contributed by atoms with van der Waals surface area (Å²) >= 11 is 5.92. The molecule has 0 aromatic heterocycles. The molecule has 128 valence electrons. The van der Waals surface area contributed by atoms with Gasteiger partial charge in [-0.3, -0.25) is 4.90 Å². The Morgan fingerprint density at radius 2 is 2.00 bits per heavy atom. The van der Waals surface area contributed by atoms with Crippen LogP contribution in [0.1, 0.15) is 18.9 Å². The van der Waals surface area contributed by atoms with Crippen molar-refractivity contribution in [2.24, 2.45) is 0 Å². The Kier molecular flexibility index (Phi) is 7.65. The van der Waals surface area contributed by atoms with Crippen LogP contribution >= 0.6 is 11.6 Å². The number of rotatable bonds is 6. The largest absolute Gasteiger partial charge is 0.380 e. The highest BCUT2D eigenvalue weighted by Crippen LogP contribution is 2.13. The monoisotopic (exact) mass is 339 g/mol. The van der Waals surface area contributed by atoms with E-state index in [-0.39, 0.29) is 6.03 Å². The van der Waals surface area contributed by atoms with Gasteiger partial charge in [-0.2, -0.15) is 0 Å². The van der Waals surface area contributed by atoms with Gasteiger partial charge in [0.05, 0.1) is 6.61 Å². The topological polar surface area (TPSA) is 44.8 Å². The fourth-order valence-corrected chi connectivity index (χ4v) is 2.79. The van der Waals surface area contributed by atoms with Gasteiger partial charge >= 0.3 is 6.03 Å². The van der Waals surface area contributed by atoms with Crippen molar-refractivity contribution in [2.75, 3.05) is 45.9 Å². The maximum atomic E-state index is 12.1. The van der Waals surface area contributed by atoms with Gasteiger partial charge in [-0.1, -0.05) is 23.7 Å². The zero-order valence-electron chi connectivity index (χ0n) is 13.8. The summed E-state index contributed by atoms with van der Waals surface area (Å²) in [6.45, 7) is 8.12. The third-order valence-corrected chi connectivity index (χ3v) is 4.17. The smallest absolute Gasteiger partial charge is 0.317 e. The van der Waals surface area contributed by atoms with Crippen LogP contribution in [0.15, 0.2) is 24.3 Å². The number of nitrogens with zero attached hydrogens (tertiary/aromatic N) is 2. The van der Waals surface area contributed by atoms with Crippen molar-refractivity contribution in [1.29, 1.82) is 0 Å². The number of amides is 2. The van der Waals surface area contributed by atoms with Gasteiger partial charge in [0, 0.05) is 50.9 Å². The molecule has 23 heavy (non-hydrogen) atoms. The third-order valence-electron chi connectivity index (χ3n) is 3.92. The van der Waals surface area contributed by atoms with E-state index in [2.05, 4.69) is 22.3 Å². The number of carbonyl (C=O) groups excluding carboxylic acids is 1. The van der Waals surface area contributed by atoms with Crippen LogP contribution in [-0.2, 0) is 11.3 Å². The first-order chi connectivity index (χ1) is 11.2. The second-order valence-corrected chi connectivity index (χ2v) is 6.11. The summed E-state index contributed by atoms with van der Waals surface area (Å²) in [7, 11) is 0. The summed E-state index contributed by atoms with van der Waals surface area (Å²) in [5, 5.41) is 3.68. The lowest BCUT2D eigenvalue weighted by atomic mass is 10.2. The maximum absolute atomic E-state index is 12.1. The van der Waals surface area contributed by atoms with Gasteiger partial charge in [-0.15, -0.1) is 0 Å². The quantitative estimate of drug-likeness (QED) is 0.810. The minimum Gasteiger partial charge on any atom is -0.380 e. The van der Waals surface area contributed by atoms with Crippen LogP contribution < -0.4 is 5.32 Å². The molecule has 0 saturated carbocycles. The van der Waals surface area contributed by atoms with Crippen molar-refractivity contribution in [3.63, 3.8) is 0 Å². The maximum Gasteiger partial charge on any atom is 0.317 e. The van der Waals surface area contributed by atoms with Gasteiger partial charge in [-0.05, 0) is 31.0 Å². The molecule has 0 radical (unpaired) electrons. The summed E-state index contributed by atoms with van der Waals surface area (Å²) in [6, 6.07) is 7.98. The van der Waals surface area contributed by atoms with E-state index >= 15 is 0 Å². The van der Waals surface area contributed by atoms with Crippen molar-refractivity contribution in [2.45, 2.75) is 19.9 Å². The van der Waals surface area contributed by atoms with E-state index in [0.29, 0.717) is 19.8 Å². The van der Waals surface area contributed by atoms with E-state index in [0.717, 1.165) is 44.2 Å². The number of halogens is 1. The molecule has 1 heterocycles. The molecule has 0 bridgehead atoms. The molecule has 1 fully saturated rings. The molecular weight excluding hydrogens is 314 g/mol. The van der Waals surface area contributed by atoms with Gasteiger partial charge in [0.2, 0.25) is 0 Å². The summed E-state index contributed by atoms with van der Waals surface area (Å²) < 4.78 is 5.24. The normalized spacial score (nSPS) is 16.2. The van der Waals surface area contributed by atoms with Gasteiger partial charge in [0.25, 0.3) is 0 Å². The summed E-state index contributed by atoms with van der Waals surface area (Å²) in [5.74, 6) is 0. The Labute approximate surface area is 143 Å². The van der Waals surface area contributed by atoms with Crippen LogP contribution in [0.2, 0.25) is 5.02 Å². The average molecular weight is 340 g/mol. The molecule has 0 unspecified atom stereocenters. The SMILES string of the molecule is CCOCCNC(=O)N1CCCN(Cc2ccc(Cl)cc2)CC1. The molecule has 1 aromatic rings. The lowest BCUT2D eigenvalue weighted by Crippen LogP contribution is -2.43. The third kappa shape index (κ3) is 6.37. The number of nitrogens with one attached hydrogen (secondary N) is 1. The molecular formula is C17H26ClN3O2. The zero-order chi connectivity index (χ0) is 16.5. The van der Waals surface area contributed by atoms with Gasteiger partial charge in [0.1, 0.15) is 0 Å². The first-order valence-electron chi connectivity index (χ1n) is 8.26. The Morgan fingerprint density at radius 3 is 2.74 bits per heavy atom. The second kappa shape index (κ2) is 9.75. The van der Waals surface area contributed by atoms with Crippen LogP contribution in [0, 0.1) is 0 Å². The highest BCUT2D eigenvalue weighted by Gasteiger charge is 2.18. The Morgan fingerprint density at radius 1 is 1.22 bits per heavy atom. The Bertz CT molecular complexity index is 481. The highest BCUT2D eigenvalue weighted by atomic mass is 35.5. The number of benzene rings is 1. The van der Waals surface area contributed by atoms with Crippen LogP contribution in [-0.4, -0.2) is 61.8 Å². The predicted molar refractivity (Wildman–Crippen MR) is 92.8 cm³/mol. The van der Waals surface area contributed by atoms with Crippen molar-refractivity contribution in [3.8, 4) is 0 Å². The van der Waals surface area contributed by atoms with Gasteiger partial charge in [0.15, 0.2) is 0 Å². The number of hydrogen-bond acceptors (Lipinski definition) is 3. The number of ether oxygens (including phenoxy) is 1. The second-order valence-electron chi connectivity index (χ2n) is 5.67. The summed E-state index contributed by atoms with van der Waals surface area (Å²) in [4.78, 5) is 16.4. The molecule has 1 aliphatic heterocycles.